The Morgan fingerprint density at radius 3 is 2.88 bits per heavy atom. The predicted molar refractivity (Wildman–Crippen MR) is 105 cm³/mol. The summed E-state index contributed by atoms with van der Waals surface area (Å²) >= 11 is 1.54. The van der Waals surface area contributed by atoms with Crippen LogP contribution in [0.15, 0.2) is 34.5 Å². The molecular formula is C17H24ClN3O2S2. The van der Waals surface area contributed by atoms with Crippen molar-refractivity contribution in [3.63, 3.8) is 0 Å². The highest BCUT2D eigenvalue weighted by Gasteiger charge is 2.33. The van der Waals surface area contributed by atoms with Crippen LogP contribution in [-0.4, -0.2) is 43.4 Å². The van der Waals surface area contributed by atoms with Gasteiger partial charge in [0.25, 0.3) is 0 Å². The Labute approximate surface area is 159 Å². The van der Waals surface area contributed by atoms with Gasteiger partial charge in [0.05, 0.1) is 4.90 Å². The van der Waals surface area contributed by atoms with E-state index in [1.54, 1.807) is 22.5 Å². The number of piperazine rings is 1. The van der Waals surface area contributed by atoms with Gasteiger partial charge in [0, 0.05) is 42.3 Å². The lowest BCUT2D eigenvalue weighted by Gasteiger charge is -2.35. The van der Waals surface area contributed by atoms with Crippen LogP contribution in [-0.2, 0) is 10.0 Å². The lowest BCUT2D eigenvalue weighted by molar-refractivity contribution is 0.254. The molecule has 1 N–H and O–H groups in total. The summed E-state index contributed by atoms with van der Waals surface area (Å²) in [6.45, 7) is 5.97. The Morgan fingerprint density at radius 1 is 1.40 bits per heavy atom. The van der Waals surface area contributed by atoms with Crippen molar-refractivity contribution in [2.24, 2.45) is 0 Å². The smallest absolute Gasteiger partial charge is 0.243 e. The summed E-state index contributed by atoms with van der Waals surface area (Å²) in [5.41, 5.74) is 1.81. The number of benzene rings is 1. The minimum absolute atomic E-state index is 0. The van der Waals surface area contributed by atoms with Crippen LogP contribution in [0.3, 0.4) is 0 Å². The fraction of sp³-hybridized carbons (Fsp3) is 0.471. The predicted octanol–water partition coefficient (Wildman–Crippen LogP) is 3.30. The van der Waals surface area contributed by atoms with E-state index in [9.17, 15) is 8.42 Å². The molecule has 0 aliphatic carbocycles. The maximum absolute atomic E-state index is 13.1. The van der Waals surface area contributed by atoms with E-state index in [1.165, 1.54) is 11.3 Å². The van der Waals surface area contributed by atoms with Gasteiger partial charge in [0.1, 0.15) is 5.01 Å². The first-order valence-corrected chi connectivity index (χ1v) is 10.6. The molecule has 1 saturated heterocycles. The highest BCUT2D eigenvalue weighted by Crippen LogP contribution is 2.28. The molecule has 1 aliphatic rings. The molecule has 0 spiro atoms. The zero-order valence-electron chi connectivity index (χ0n) is 14.4. The van der Waals surface area contributed by atoms with Crippen molar-refractivity contribution < 1.29 is 8.42 Å². The number of thiazole rings is 1. The zero-order chi connectivity index (χ0) is 17.2. The Bertz CT molecular complexity index is 806. The number of hydrogen-bond donors (Lipinski definition) is 1. The van der Waals surface area contributed by atoms with Crippen LogP contribution in [0.1, 0.15) is 25.5 Å². The summed E-state index contributed by atoms with van der Waals surface area (Å²) in [6, 6.07) is 7.18. The molecule has 0 radical (unpaired) electrons. The fourth-order valence-corrected chi connectivity index (χ4v) is 5.55. The molecule has 1 aromatic heterocycles. The number of sulfonamides is 1. The van der Waals surface area contributed by atoms with Crippen molar-refractivity contribution in [3.05, 3.63) is 35.3 Å². The van der Waals surface area contributed by atoms with Crippen LogP contribution < -0.4 is 5.32 Å². The first kappa shape index (κ1) is 20.3. The van der Waals surface area contributed by atoms with Crippen molar-refractivity contribution in [1.29, 1.82) is 0 Å². The van der Waals surface area contributed by atoms with Gasteiger partial charge >= 0.3 is 0 Å². The molecule has 1 aromatic carbocycles. The van der Waals surface area contributed by atoms with Gasteiger partial charge in [-0.25, -0.2) is 13.4 Å². The van der Waals surface area contributed by atoms with Gasteiger partial charge in [0.15, 0.2) is 0 Å². The van der Waals surface area contributed by atoms with E-state index in [0.29, 0.717) is 18.0 Å². The second-order valence-electron chi connectivity index (χ2n) is 6.08. The standard InChI is InChI=1S/C17H23N3O2S2.ClH/c1-3-5-15-11-18-8-9-20(15)24(21,22)16-7-4-6-14(10-16)17-19-13(2)12-23-17;/h4,6-7,10,12,15,18H,3,5,8-9,11H2,1-2H3;1H. The number of aromatic nitrogens is 1. The van der Waals surface area contributed by atoms with E-state index in [2.05, 4.69) is 17.2 Å². The Morgan fingerprint density at radius 2 is 2.20 bits per heavy atom. The monoisotopic (exact) mass is 401 g/mol. The zero-order valence-corrected chi connectivity index (χ0v) is 16.9. The van der Waals surface area contributed by atoms with Crippen LogP contribution in [0.25, 0.3) is 10.6 Å². The van der Waals surface area contributed by atoms with Crippen LogP contribution in [0.4, 0.5) is 0 Å². The van der Waals surface area contributed by atoms with Crippen LogP contribution >= 0.6 is 23.7 Å². The van der Waals surface area contributed by atoms with E-state index in [-0.39, 0.29) is 18.4 Å². The number of rotatable bonds is 5. The van der Waals surface area contributed by atoms with Gasteiger partial charge in [-0.1, -0.05) is 25.5 Å². The van der Waals surface area contributed by atoms with Crippen molar-refractivity contribution >= 4 is 33.8 Å². The molecule has 1 aliphatic heterocycles. The summed E-state index contributed by atoms with van der Waals surface area (Å²) < 4.78 is 28.0. The highest BCUT2D eigenvalue weighted by atomic mass is 35.5. The third-order valence-electron chi connectivity index (χ3n) is 4.22. The molecule has 0 amide bonds. The molecule has 1 atom stereocenters. The van der Waals surface area contributed by atoms with Crippen molar-refractivity contribution in [2.75, 3.05) is 19.6 Å². The molecule has 138 valence electrons. The number of hydrogen-bond acceptors (Lipinski definition) is 5. The SMILES string of the molecule is CCCC1CNCCN1S(=O)(=O)c1cccc(-c2nc(C)cs2)c1.Cl. The summed E-state index contributed by atoms with van der Waals surface area (Å²) in [5, 5.41) is 6.13. The van der Waals surface area contributed by atoms with Crippen LogP contribution in [0.5, 0.6) is 0 Å². The maximum atomic E-state index is 13.1. The third-order valence-corrected chi connectivity index (χ3v) is 7.18. The molecular weight excluding hydrogens is 378 g/mol. The summed E-state index contributed by atoms with van der Waals surface area (Å²) in [6.07, 6.45) is 1.84. The van der Waals surface area contributed by atoms with Gasteiger partial charge in [-0.3, -0.25) is 0 Å². The largest absolute Gasteiger partial charge is 0.314 e. The quantitative estimate of drug-likeness (QED) is 0.834. The van der Waals surface area contributed by atoms with E-state index < -0.39 is 10.0 Å². The van der Waals surface area contributed by atoms with Crippen molar-refractivity contribution in [1.82, 2.24) is 14.6 Å². The number of nitrogens with one attached hydrogen (secondary N) is 1. The average Bonchev–Trinajstić information content (AvgIpc) is 3.02. The molecule has 5 nitrogen and oxygen atoms in total. The van der Waals surface area contributed by atoms with Crippen LogP contribution in [0.2, 0.25) is 0 Å². The first-order chi connectivity index (χ1) is 11.5. The minimum atomic E-state index is -3.49. The Balaban J connectivity index is 0.00000225. The van der Waals surface area contributed by atoms with E-state index in [4.69, 9.17) is 0 Å². The topological polar surface area (TPSA) is 62.3 Å². The Kier molecular flexibility index (Phi) is 6.99. The molecule has 0 saturated carbocycles. The van der Waals surface area contributed by atoms with Gasteiger partial charge in [-0.15, -0.1) is 23.7 Å². The second-order valence-corrected chi connectivity index (χ2v) is 8.83. The summed E-state index contributed by atoms with van der Waals surface area (Å²) in [7, 11) is -3.49. The second kappa shape index (κ2) is 8.60. The van der Waals surface area contributed by atoms with E-state index >= 15 is 0 Å². The van der Waals surface area contributed by atoms with Crippen molar-refractivity contribution in [3.8, 4) is 10.6 Å². The lowest BCUT2D eigenvalue weighted by Crippen LogP contribution is -2.53. The molecule has 8 heteroatoms. The molecule has 3 rings (SSSR count). The lowest BCUT2D eigenvalue weighted by atomic mass is 10.1. The highest BCUT2D eigenvalue weighted by molar-refractivity contribution is 7.89. The first-order valence-electron chi connectivity index (χ1n) is 8.27. The Hall–Kier alpha value is -0.990. The van der Waals surface area contributed by atoms with E-state index in [1.807, 2.05) is 18.4 Å². The number of halogens is 1. The summed E-state index contributed by atoms with van der Waals surface area (Å²) in [5.74, 6) is 0. The molecule has 1 fully saturated rings. The minimum Gasteiger partial charge on any atom is -0.314 e. The van der Waals surface area contributed by atoms with Crippen molar-refractivity contribution in [2.45, 2.75) is 37.6 Å². The number of nitrogens with zero attached hydrogens (tertiary/aromatic N) is 2. The average molecular weight is 402 g/mol. The van der Waals surface area contributed by atoms with Gasteiger partial charge in [-0.05, 0) is 25.5 Å². The molecule has 2 heterocycles. The number of aryl methyl sites for hydroxylation is 1. The molecule has 2 aromatic rings. The third kappa shape index (κ3) is 4.41. The normalized spacial score (nSPS) is 18.7. The molecule has 1 unspecified atom stereocenters. The molecule has 25 heavy (non-hydrogen) atoms. The maximum Gasteiger partial charge on any atom is 0.243 e. The van der Waals surface area contributed by atoms with Crippen LogP contribution in [0, 0.1) is 6.92 Å². The van der Waals surface area contributed by atoms with E-state index in [0.717, 1.165) is 35.7 Å². The summed E-state index contributed by atoms with van der Waals surface area (Å²) in [4.78, 5) is 4.82. The molecule has 0 bridgehead atoms. The fourth-order valence-electron chi connectivity index (χ4n) is 3.05. The van der Waals surface area contributed by atoms with Gasteiger partial charge in [0.2, 0.25) is 10.0 Å². The van der Waals surface area contributed by atoms with Gasteiger partial charge < -0.3 is 5.32 Å². The van der Waals surface area contributed by atoms with Gasteiger partial charge in [-0.2, -0.15) is 4.31 Å².